The van der Waals surface area contributed by atoms with Crippen LogP contribution >= 0.6 is 11.6 Å². The Morgan fingerprint density at radius 1 is 0.970 bits per heavy atom. The van der Waals surface area contributed by atoms with Gasteiger partial charge in [0, 0.05) is 36.2 Å². The van der Waals surface area contributed by atoms with Crippen molar-refractivity contribution in [3.63, 3.8) is 0 Å². The van der Waals surface area contributed by atoms with Crippen molar-refractivity contribution in [1.29, 1.82) is 0 Å². The van der Waals surface area contributed by atoms with Gasteiger partial charge in [0.2, 0.25) is 0 Å². The van der Waals surface area contributed by atoms with Gasteiger partial charge in [0.1, 0.15) is 18.4 Å². The van der Waals surface area contributed by atoms with Gasteiger partial charge in [-0.05, 0) is 54.3 Å². The highest BCUT2D eigenvalue weighted by Crippen LogP contribution is 2.40. The highest BCUT2D eigenvalue weighted by atomic mass is 35.5. The molecule has 0 amide bonds. The van der Waals surface area contributed by atoms with Crippen LogP contribution in [0.25, 0.3) is 22.4 Å². The fourth-order valence-corrected chi connectivity index (χ4v) is 5.54. The average Bonchev–Trinajstić information content (AvgIpc) is 2.76. The SMILES string of the molecule is Cc1cc(-c2cccc(-c3ccc4c(c3)OCCO4)c2C)nc(Cl)c1CN1CC2(COC2)C1. The molecular weight excluding hydrogens is 436 g/mol. The Bertz CT molecular complexity index is 1210. The highest BCUT2D eigenvalue weighted by molar-refractivity contribution is 6.30. The molecule has 6 rings (SSSR count). The van der Waals surface area contributed by atoms with Crippen molar-refractivity contribution >= 4 is 11.6 Å². The summed E-state index contributed by atoms with van der Waals surface area (Å²) in [6.07, 6.45) is 0. The summed E-state index contributed by atoms with van der Waals surface area (Å²) in [4.78, 5) is 7.26. The molecule has 0 N–H and O–H groups in total. The van der Waals surface area contributed by atoms with E-state index in [0.717, 1.165) is 72.3 Å². The molecule has 0 aliphatic carbocycles. The van der Waals surface area contributed by atoms with Gasteiger partial charge in [-0.25, -0.2) is 4.98 Å². The highest BCUT2D eigenvalue weighted by Gasteiger charge is 2.48. The van der Waals surface area contributed by atoms with Crippen LogP contribution in [0, 0.1) is 19.3 Å². The number of aromatic nitrogens is 1. The van der Waals surface area contributed by atoms with E-state index >= 15 is 0 Å². The van der Waals surface area contributed by atoms with Gasteiger partial charge in [-0.15, -0.1) is 0 Å². The Morgan fingerprint density at radius 3 is 2.45 bits per heavy atom. The third-order valence-corrected chi connectivity index (χ3v) is 7.39. The first kappa shape index (κ1) is 21.0. The Kier molecular flexibility index (Phi) is 5.09. The van der Waals surface area contributed by atoms with E-state index in [2.05, 4.69) is 55.1 Å². The van der Waals surface area contributed by atoms with Crippen LogP contribution in [0.4, 0.5) is 0 Å². The standard InChI is InChI=1S/C27H27ClN2O3/c1-17-10-23(29-26(28)22(17)12-30-13-27(14-30)15-31-16-27)21-5-3-4-20(18(21)2)19-6-7-24-25(11-19)33-9-8-32-24/h3-7,10-11H,8-9,12-16H2,1-2H3. The number of ether oxygens (including phenoxy) is 3. The number of rotatable bonds is 4. The third kappa shape index (κ3) is 3.68. The van der Waals surface area contributed by atoms with Crippen molar-refractivity contribution in [2.45, 2.75) is 20.4 Å². The van der Waals surface area contributed by atoms with Crippen molar-refractivity contribution in [2.75, 3.05) is 39.5 Å². The number of fused-ring (bicyclic) bond motifs is 1. The predicted molar refractivity (Wildman–Crippen MR) is 129 cm³/mol. The maximum Gasteiger partial charge on any atom is 0.161 e. The summed E-state index contributed by atoms with van der Waals surface area (Å²) in [5.41, 5.74) is 8.12. The number of hydrogen-bond acceptors (Lipinski definition) is 5. The summed E-state index contributed by atoms with van der Waals surface area (Å²) in [6, 6.07) is 14.6. The van der Waals surface area contributed by atoms with Crippen LogP contribution < -0.4 is 9.47 Å². The fraction of sp³-hybridized carbons (Fsp3) is 0.370. The Labute approximate surface area is 199 Å². The van der Waals surface area contributed by atoms with Crippen molar-refractivity contribution in [3.8, 4) is 33.9 Å². The minimum atomic E-state index is 0.402. The van der Waals surface area contributed by atoms with Crippen molar-refractivity contribution in [3.05, 3.63) is 64.3 Å². The van der Waals surface area contributed by atoms with E-state index in [9.17, 15) is 0 Å². The molecule has 6 heteroatoms. The molecule has 0 bridgehead atoms. The zero-order valence-electron chi connectivity index (χ0n) is 19.0. The first-order valence-electron chi connectivity index (χ1n) is 11.5. The Balaban J connectivity index is 1.29. The van der Waals surface area contributed by atoms with Gasteiger partial charge in [0.05, 0.1) is 18.9 Å². The van der Waals surface area contributed by atoms with E-state index < -0.39 is 0 Å². The van der Waals surface area contributed by atoms with Gasteiger partial charge in [-0.2, -0.15) is 0 Å². The summed E-state index contributed by atoms with van der Waals surface area (Å²) in [7, 11) is 0. The molecule has 1 spiro atoms. The van der Waals surface area contributed by atoms with Crippen LogP contribution in [0.1, 0.15) is 16.7 Å². The van der Waals surface area contributed by atoms with Crippen LogP contribution in [-0.2, 0) is 11.3 Å². The lowest BCUT2D eigenvalue weighted by molar-refractivity contribution is -0.191. The van der Waals surface area contributed by atoms with Crippen LogP contribution in [0.15, 0.2) is 42.5 Å². The van der Waals surface area contributed by atoms with Gasteiger partial charge in [-0.3, -0.25) is 4.90 Å². The smallest absolute Gasteiger partial charge is 0.161 e. The van der Waals surface area contributed by atoms with E-state index in [-0.39, 0.29) is 0 Å². The van der Waals surface area contributed by atoms with E-state index in [1.807, 2.05) is 6.07 Å². The number of aryl methyl sites for hydroxylation is 1. The molecule has 1 aromatic heterocycles. The quantitative estimate of drug-likeness (QED) is 0.493. The van der Waals surface area contributed by atoms with Gasteiger partial charge in [0.25, 0.3) is 0 Å². The van der Waals surface area contributed by atoms with Crippen LogP contribution in [-0.4, -0.2) is 49.4 Å². The van der Waals surface area contributed by atoms with Crippen molar-refractivity contribution < 1.29 is 14.2 Å². The molecule has 4 heterocycles. The summed E-state index contributed by atoms with van der Waals surface area (Å²) in [5.74, 6) is 1.60. The van der Waals surface area contributed by atoms with Gasteiger partial charge < -0.3 is 14.2 Å². The van der Waals surface area contributed by atoms with Gasteiger partial charge in [0.15, 0.2) is 11.5 Å². The van der Waals surface area contributed by atoms with Crippen LogP contribution in [0.5, 0.6) is 11.5 Å². The second kappa shape index (κ2) is 8.01. The molecule has 5 nitrogen and oxygen atoms in total. The minimum absolute atomic E-state index is 0.402. The molecule has 2 aromatic carbocycles. The topological polar surface area (TPSA) is 43.8 Å². The lowest BCUT2D eigenvalue weighted by Gasteiger charge is -2.55. The molecule has 3 aromatic rings. The predicted octanol–water partition coefficient (Wildman–Crippen LogP) is 5.29. The molecule has 0 radical (unpaired) electrons. The molecular formula is C27H27ClN2O3. The molecule has 0 atom stereocenters. The number of pyridine rings is 1. The second-order valence-electron chi connectivity index (χ2n) is 9.57. The van der Waals surface area contributed by atoms with Gasteiger partial charge in [-0.1, -0.05) is 35.9 Å². The lowest BCUT2D eigenvalue weighted by atomic mass is 9.78. The Hall–Kier alpha value is -2.60. The summed E-state index contributed by atoms with van der Waals surface area (Å²) in [5, 5.41) is 0.597. The molecule has 3 aliphatic heterocycles. The monoisotopic (exact) mass is 462 g/mol. The largest absolute Gasteiger partial charge is 0.486 e. The fourth-order valence-electron chi connectivity index (χ4n) is 5.24. The summed E-state index contributed by atoms with van der Waals surface area (Å²) in [6.45, 7) is 10.2. The zero-order chi connectivity index (χ0) is 22.6. The molecule has 3 aliphatic rings. The van der Waals surface area contributed by atoms with Gasteiger partial charge >= 0.3 is 0 Å². The van der Waals surface area contributed by atoms with E-state index in [1.165, 1.54) is 11.1 Å². The Morgan fingerprint density at radius 2 is 1.73 bits per heavy atom. The maximum atomic E-state index is 6.72. The van der Waals surface area contributed by atoms with Crippen LogP contribution in [0.2, 0.25) is 5.15 Å². The first-order valence-corrected chi connectivity index (χ1v) is 11.9. The molecule has 0 unspecified atom stereocenters. The molecule has 170 valence electrons. The van der Waals surface area contributed by atoms with Crippen molar-refractivity contribution in [2.24, 2.45) is 5.41 Å². The molecule has 2 fully saturated rings. The summed E-state index contributed by atoms with van der Waals surface area (Å²) >= 11 is 6.72. The summed E-state index contributed by atoms with van der Waals surface area (Å²) < 4.78 is 16.9. The normalized spacial score (nSPS) is 18.6. The van der Waals surface area contributed by atoms with Crippen molar-refractivity contribution in [1.82, 2.24) is 9.88 Å². The van der Waals surface area contributed by atoms with E-state index in [4.69, 9.17) is 30.8 Å². The number of nitrogens with zero attached hydrogens (tertiary/aromatic N) is 2. The number of halogens is 1. The lowest BCUT2D eigenvalue weighted by Crippen LogP contribution is -2.65. The maximum absolute atomic E-state index is 6.72. The third-order valence-electron chi connectivity index (χ3n) is 7.08. The first-order chi connectivity index (χ1) is 16.0. The second-order valence-corrected chi connectivity index (χ2v) is 9.93. The average molecular weight is 463 g/mol. The number of likely N-dealkylation sites (tertiary alicyclic amines) is 1. The zero-order valence-corrected chi connectivity index (χ0v) is 19.7. The molecule has 2 saturated heterocycles. The molecule has 33 heavy (non-hydrogen) atoms. The number of benzene rings is 2. The molecule has 0 saturated carbocycles. The number of hydrogen-bond donors (Lipinski definition) is 0. The van der Waals surface area contributed by atoms with E-state index in [0.29, 0.717) is 23.8 Å². The minimum Gasteiger partial charge on any atom is -0.486 e. The van der Waals surface area contributed by atoms with E-state index in [1.54, 1.807) is 0 Å². The van der Waals surface area contributed by atoms with Crippen LogP contribution in [0.3, 0.4) is 0 Å².